The van der Waals surface area contributed by atoms with Gasteiger partial charge >= 0.3 is 11.9 Å². The van der Waals surface area contributed by atoms with E-state index in [-0.39, 0.29) is 35.4 Å². The molecule has 75 heavy (non-hydrogen) atoms. The number of esters is 1. The van der Waals surface area contributed by atoms with Gasteiger partial charge in [-0.3, -0.25) is 9.59 Å². The summed E-state index contributed by atoms with van der Waals surface area (Å²) >= 11 is 0. The van der Waals surface area contributed by atoms with Crippen LogP contribution in [-0.4, -0.2) is 49.1 Å². The summed E-state index contributed by atoms with van der Waals surface area (Å²) in [5, 5.41) is 15.5. The lowest BCUT2D eigenvalue weighted by molar-refractivity contribution is 0.0599. The summed E-state index contributed by atoms with van der Waals surface area (Å²) < 4.78 is 4.83. The van der Waals surface area contributed by atoms with Crippen LogP contribution in [0.1, 0.15) is 114 Å². The number of carbonyl (C=O) groups is 4. The Labute approximate surface area is 439 Å². The normalized spacial score (nSPS) is 13.4. The van der Waals surface area contributed by atoms with E-state index in [0.29, 0.717) is 16.7 Å². The molecule has 2 atom stereocenters. The van der Waals surface area contributed by atoms with Crippen molar-refractivity contribution in [2.24, 2.45) is 0 Å². The minimum absolute atomic E-state index is 0.0537. The van der Waals surface area contributed by atoms with E-state index in [9.17, 15) is 24.3 Å². The Morgan fingerprint density at radius 2 is 0.880 bits per heavy atom. The monoisotopic (exact) mass is 994 g/mol. The number of rotatable bonds is 14. The molecule has 0 spiro atoms. The lowest BCUT2D eigenvalue weighted by Crippen LogP contribution is -2.30. The number of aromatic carboxylic acids is 1. The minimum Gasteiger partial charge on any atom is -0.478 e. The van der Waals surface area contributed by atoms with Crippen LogP contribution < -0.4 is 20.4 Å². The molecule has 0 bridgehead atoms. The minimum atomic E-state index is -0.924. The van der Waals surface area contributed by atoms with E-state index in [0.717, 1.165) is 90.9 Å². The van der Waals surface area contributed by atoms with Crippen LogP contribution in [0.3, 0.4) is 0 Å². The highest BCUT2D eigenvalue weighted by Crippen LogP contribution is 2.35. The highest BCUT2D eigenvalue weighted by Gasteiger charge is 2.23. The van der Waals surface area contributed by atoms with Crippen molar-refractivity contribution in [2.45, 2.75) is 64.7 Å². The van der Waals surface area contributed by atoms with Gasteiger partial charge < -0.3 is 30.3 Å². The second-order valence-corrected chi connectivity index (χ2v) is 19.2. The van der Waals surface area contributed by atoms with Gasteiger partial charge in [-0.2, -0.15) is 0 Å². The van der Waals surface area contributed by atoms with Gasteiger partial charge in [-0.15, -0.1) is 0 Å². The fraction of sp³-hybridized carbons (Fsp3) is 0.200. The van der Waals surface area contributed by atoms with Gasteiger partial charge in [0, 0.05) is 48.7 Å². The molecular weight excluding hydrogens is 933 g/mol. The summed E-state index contributed by atoms with van der Waals surface area (Å²) in [5.41, 5.74) is 15.8. The van der Waals surface area contributed by atoms with Gasteiger partial charge in [0.05, 0.1) is 30.3 Å². The molecule has 0 saturated heterocycles. The van der Waals surface area contributed by atoms with Crippen LogP contribution in [0, 0.1) is 0 Å². The summed E-state index contributed by atoms with van der Waals surface area (Å²) in [7, 11) is 1.39. The maximum Gasteiger partial charge on any atom is 0.337 e. The maximum atomic E-state index is 13.0. The molecule has 3 N–H and O–H groups in total. The summed E-state index contributed by atoms with van der Waals surface area (Å²) in [6.45, 7) is 7.40. The number of carboxylic acids is 1. The van der Waals surface area contributed by atoms with Gasteiger partial charge in [0.2, 0.25) is 0 Å². The zero-order valence-electron chi connectivity index (χ0n) is 42.7. The van der Waals surface area contributed by atoms with E-state index in [2.05, 4.69) is 62.9 Å². The second kappa shape index (κ2) is 23.9. The molecule has 2 aliphatic heterocycles. The van der Waals surface area contributed by atoms with E-state index in [4.69, 9.17) is 4.74 Å². The Balaban J connectivity index is 0.000000184. The van der Waals surface area contributed by atoms with Crippen molar-refractivity contribution in [3.63, 3.8) is 0 Å². The first kappa shape index (κ1) is 51.2. The number of hydrogen-bond acceptors (Lipinski definition) is 7. The van der Waals surface area contributed by atoms with Crippen LogP contribution in [0.25, 0.3) is 22.3 Å². The molecule has 2 aliphatic rings. The molecule has 2 amide bonds. The molecule has 0 fully saturated rings. The second-order valence-electron chi connectivity index (χ2n) is 19.2. The molecule has 8 aromatic carbocycles. The lowest BCUT2D eigenvalue weighted by Gasteiger charge is -2.32. The number of anilines is 2. The molecule has 378 valence electrons. The fourth-order valence-electron chi connectivity index (χ4n) is 10.2. The number of ether oxygens (including phenoxy) is 1. The average molecular weight is 995 g/mol. The summed E-state index contributed by atoms with van der Waals surface area (Å²) in [4.78, 5) is 53.9. The standard InChI is InChI=1S/C33H32N2O3.C32H30N2O3/c1-23(24-9-4-3-5-10-24)34-32(36)28-18-19-31-27(21-28)12-8-20-35(31)22-29-11-6-7-13-30(29)25-14-16-26(17-15-25)33(37)38-2;1-22(23-8-3-2-4-9-23)33-31(35)27-17-18-30-26(20-27)11-7-19-34(30)21-28-10-5-6-12-29(28)24-13-15-25(16-14-24)32(36)37/h3-7,9-11,13-19,21,23H,8,12,20,22H2,1-2H3,(H,34,36);2-6,8-10,12-18,20,22H,7,11,19,21H2,1H3,(H,33,35)(H,36,37)/t23-;22-/m00/s1. The Kier molecular flexibility index (Phi) is 16.3. The van der Waals surface area contributed by atoms with Crippen LogP contribution in [0.4, 0.5) is 11.4 Å². The summed E-state index contributed by atoms with van der Waals surface area (Å²) in [6, 6.07) is 63.2. The number of carbonyl (C=O) groups excluding carboxylic acids is 3. The fourth-order valence-corrected chi connectivity index (χ4v) is 10.2. The Hall–Kier alpha value is -8.76. The van der Waals surface area contributed by atoms with Crippen LogP contribution in [0.2, 0.25) is 0 Å². The number of hydrogen-bond donors (Lipinski definition) is 3. The first-order valence-electron chi connectivity index (χ1n) is 25.7. The van der Waals surface area contributed by atoms with E-state index >= 15 is 0 Å². The van der Waals surface area contributed by atoms with E-state index in [1.165, 1.54) is 35.1 Å². The number of carboxylic acid groups (broad SMARTS) is 1. The number of fused-ring (bicyclic) bond motifs is 2. The Bertz CT molecular complexity index is 3290. The van der Waals surface area contributed by atoms with Gasteiger partial charge in [0.1, 0.15) is 0 Å². The smallest absolute Gasteiger partial charge is 0.337 e. The number of nitrogens with zero attached hydrogens (tertiary/aromatic N) is 2. The van der Waals surface area contributed by atoms with Gasteiger partial charge in [0.25, 0.3) is 11.8 Å². The third-order valence-corrected chi connectivity index (χ3v) is 14.2. The van der Waals surface area contributed by atoms with Crippen molar-refractivity contribution in [3.05, 3.63) is 250 Å². The van der Waals surface area contributed by atoms with E-state index < -0.39 is 5.97 Å². The molecule has 0 saturated carbocycles. The van der Waals surface area contributed by atoms with Crippen LogP contribution in [0.15, 0.2) is 194 Å². The van der Waals surface area contributed by atoms with Crippen LogP contribution in [-0.2, 0) is 30.7 Å². The molecular formula is C65H62N4O6. The summed E-state index contributed by atoms with van der Waals surface area (Å²) in [6.07, 6.45) is 3.96. The van der Waals surface area contributed by atoms with Crippen molar-refractivity contribution in [2.75, 3.05) is 30.0 Å². The van der Waals surface area contributed by atoms with Crippen molar-refractivity contribution in [3.8, 4) is 22.3 Å². The third-order valence-electron chi connectivity index (χ3n) is 14.2. The molecule has 8 aromatic rings. The maximum absolute atomic E-state index is 13.0. The number of aryl methyl sites for hydroxylation is 2. The SMILES string of the molecule is COC(=O)c1ccc(-c2ccccc2CN2CCCc3cc(C(=O)N[C@@H](C)c4ccccc4)ccc32)cc1.C[C@H](NC(=O)c1ccc2c(c1)CCCN2Cc1ccccc1-c1ccc(C(=O)O)cc1)c1ccccc1. The summed E-state index contributed by atoms with van der Waals surface area (Å²) in [5.74, 6) is -1.38. The largest absolute Gasteiger partial charge is 0.478 e. The van der Waals surface area contributed by atoms with Crippen molar-refractivity contribution in [1.29, 1.82) is 0 Å². The molecule has 0 aromatic heterocycles. The predicted molar refractivity (Wildman–Crippen MR) is 298 cm³/mol. The Morgan fingerprint density at radius 3 is 1.29 bits per heavy atom. The lowest BCUT2D eigenvalue weighted by atomic mass is 9.95. The third kappa shape index (κ3) is 12.4. The highest BCUT2D eigenvalue weighted by atomic mass is 16.5. The van der Waals surface area contributed by atoms with Crippen molar-refractivity contribution < 1.29 is 29.0 Å². The first-order chi connectivity index (χ1) is 36.5. The van der Waals surface area contributed by atoms with Gasteiger partial charge in [-0.05, 0) is 156 Å². The van der Waals surface area contributed by atoms with Crippen molar-refractivity contribution in [1.82, 2.24) is 10.6 Å². The number of methoxy groups -OCH3 is 1. The van der Waals surface area contributed by atoms with E-state index in [1.54, 1.807) is 24.3 Å². The molecule has 0 aliphatic carbocycles. The first-order valence-corrected chi connectivity index (χ1v) is 25.7. The van der Waals surface area contributed by atoms with Crippen LogP contribution >= 0.6 is 0 Å². The Morgan fingerprint density at radius 1 is 0.493 bits per heavy atom. The number of benzene rings is 8. The number of amides is 2. The molecule has 10 rings (SSSR count). The zero-order chi connectivity index (χ0) is 52.3. The molecule has 0 unspecified atom stereocenters. The van der Waals surface area contributed by atoms with E-state index in [1.807, 2.05) is 141 Å². The predicted octanol–water partition coefficient (Wildman–Crippen LogP) is 13.1. The van der Waals surface area contributed by atoms with Gasteiger partial charge in [-0.25, -0.2) is 9.59 Å². The van der Waals surface area contributed by atoms with Gasteiger partial charge in [0.15, 0.2) is 0 Å². The molecule has 2 heterocycles. The molecule has 0 radical (unpaired) electrons. The number of nitrogens with one attached hydrogen (secondary N) is 2. The van der Waals surface area contributed by atoms with Crippen LogP contribution in [0.5, 0.6) is 0 Å². The average Bonchev–Trinajstić information content (AvgIpc) is 3.46. The topological polar surface area (TPSA) is 128 Å². The zero-order valence-corrected chi connectivity index (χ0v) is 42.7. The van der Waals surface area contributed by atoms with Gasteiger partial charge in [-0.1, -0.05) is 133 Å². The highest BCUT2D eigenvalue weighted by molar-refractivity contribution is 5.96. The molecule has 10 nitrogen and oxygen atoms in total. The quantitative estimate of drug-likeness (QED) is 0.0919. The van der Waals surface area contributed by atoms with Crippen molar-refractivity contribution >= 4 is 35.1 Å². The molecule has 10 heteroatoms.